The van der Waals surface area contributed by atoms with Crippen LogP contribution in [0.3, 0.4) is 0 Å². The van der Waals surface area contributed by atoms with Crippen LogP contribution in [0, 0.1) is 6.92 Å². The van der Waals surface area contributed by atoms with Crippen LogP contribution in [-0.4, -0.2) is 44.8 Å². The van der Waals surface area contributed by atoms with Gasteiger partial charge in [0.15, 0.2) is 0 Å². The van der Waals surface area contributed by atoms with Gasteiger partial charge in [-0.25, -0.2) is 8.42 Å². The number of benzene rings is 4. The topological polar surface area (TPSA) is 96.0 Å². The van der Waals surface area contributed by atoms with E-state index in [9.17, 15) is 18.0 Å². The summed E-state index contributed by atoms with van der Waals surface area (Å²) in [6.45, 7) is 3.33. The van der Waals surface area contributed by atoms with Gasteiger partial charge in [0.25, 0.3) is 10.0 Å². The summed E-state index contributed by atoms with van der Waals surface area (Å²) in [7, 11) is -2.64. The first-order valence-corrected chi connectivity index (χ1v) is 15.1. The lowest BCUT2D eigenvalue weighted by atomic mass is 10.1. The minimum Gasteiger partial charge on any atom is -0.457 e. The molecule has 0 unspecified atom stereocenters. The van der Waals surface area contributed by atoms with E-state index in [-0.39, 0.29) is 23.0 Å². The van der Waals surface area contributed by atoms with Crippen molar-refractivity contribution in [1.29, 1.82) is 0 Å². The summed E-state index contributed by atoms with van der Waals surface area (Å²) in [5.41, 5.74) is 2.02. The van der Waals surface area contributed by atoms with Crippen molar-refractivity contribution in [2.24, 2.45) is 0 Å². The summed E-state index contributed by atoms with van der Waals surface area (Å²) in [6, 6.07) is 30.8. The molecular formula is C33H35N3O5S. The Labute approximate surface area is 247 Å². The van der Waals surface area contributed by atoms with Gasteiger partial charge in [-0.05, 0) is 67.4 Å². The average Bonchev–Trinajstić information content (AvgIpc) is 3.01. The highest BCUT2D eigenvalue weighted by molar-refractivity contribution is 7.92. The molecule has 0 spiro atoms. The van der Waals surface area contributed by atoms with E-state index in [2.05, 4.69) is 5.32 Å². The van der Waals surface area contributed by atoms with E-state index < -0.39 is 28.5 Å². The zero-order chi connectivity index (χ0) is 30.1. The number of nitrogens with zero attached hydrogens (tertiary/aromatic N) is 2. The molecule has 9 heteroatoms. The van der Waals surface area contributed by atoms with E-state index in [1.807, 2.05) is 74.5 Å². The Kier molecular flexibility index (Phi) is 9.98. The smallest absolute Gasteiger partial charge is 0.264 e. The van der Waals surface area contributed by atoms with Crippen molar-refractivity contribution in [2.75, 3.05) is 17.9 Å². The average molecular weight is 586 g/mol. The molecule has 1 N–H and O–H groups in total. The number of carbonyl (C=O) groups excluding carboxylic acids is 2. The molecule has 8 nitrogen and oxygen atoms in total. The number of carbonyl (C=O) groups is 2. The van der Waals surface area contributed by atoms with Gasteiger partial charge in [-0.1, -0.05) is 73.2 Å². The normalized spacial score (nSPS) is 11.8. The first-order chi connectivity index (χ1) is 20.2. The Morgan fingerprint density at radius 3 is 1.95 bits per heavy atom. The molecule has 2 amide bonds. The summed E-state index contributed by atoms with van der Waals surface area (Å²) < 4.78 is 35.0. The van der Waals surface area contributed by atoms with Gasteiger partial charge < -0.3 is 15.0 Å². The highest BCUT2D eigenvalue weighted by Crippen LogP contribution is 2.29. The summed E-state index contributed by atoms with van der Waals surface area (Å²) >= 11 is 0. The molecule has 218 valence electrons. The first-order valence-electron chi connectivity index (χ1n) is 13.7. The number of aryl methyl sites for hydroxylation is 1. The number of nitrogens with one attached hydrogen (secondary N) is 1. The van der Waals surface area contributed by atoms with Gasteiger partial charge in [-0.2, -0.15) is 0 Å². The number of para-hydroxylation sites is 1. The van der Waals surface area contributed by atoms with Crippen LogP contribution in [0.25, 0.3) is 0 Å². The lowest BCUT2D eigenvalue weighted by Crippen LogP contribution is -2.51. The minimum atomic E-state index is -4.16. The molecule has 0 fully saturated rings. The van der Waals surface area contributed by atoms with Crippen molar-refractivity contribution in [3.05, 3.63) is 120 Å². The molecule has 4 aromatic carbocycles. The highest BCUT2D eigenvalue weighted by atomic mass is 32.2. The van der Waals surface area contributed by atoms with Gasteiger partial charge in [0, 0.05) is 13.6 Å². The van der Waals surface area contributed by atoms with E-state index >= 15 is 0 Å². The Morgan fingerprint density at radius 2 is 1.38 bits per heavy atom. The molecule has 4 aromatic rings. The summed E-state index contributed by atoms with van der Waals surface area (Å²) in [5.74, 6) is 0.327. The monoisotopic (exact) mass is 585 g/mol. The van der Waals surface area contributed by atoms with Crippen LogP contribution in [0.1, 0.15) is 24.5 Å². The number of likely N-dealkylation sites (N-methyl/N-ethyl adjacent to an activating group) is 1. The van der Waals surface area contributed by atoms with Crippen molar-refractivity contribution in [3.8, 4) is 11.5 Å². The van der Waals surface area contributed by atoms with Crippen molar-refractivity contribution < 1.29 is 22.7 Å². The van der Waals surface area contributed by atoms with Gasteiger partial charge >= 0.3 is 0 Å². The third kappa shape index (κ3) is 7.36. The molecule has 0 heterocycles. The highest BCUT2D eigenvalue weighted by Gasteiger charge is 2.33. The molecular weight excluding hydrogens is 550 g/mol. The molecule has 0 saturated heterocycles. The molecule has 0 saturated carbocycles. The maximum Gasteiger partial charge on any atom is 0.264 e. The molecule has 0 aliphatic carbocycles. The summed E-state index contributed by atoms with van der Waals surface area (Å²) in [6.07, 6.45) is 0.356. The molecule has 0 radical (unpaired) electrons. The number of ether oxygens (including phenoxy) is 1. The Balaban J connectivity index is 1.71. The Hall–Kier alpha value is -4.63. The van der Waals surface area contributed by atoms with E-state index in [4.69, 9.17) is 4.74 Å². The van der Waals surface area contributed by atoms with Crippen molar-refractivity contribution in [1.82, 2.24) is 10.2 Å². The van der Waals surface area contributed by atoms with Crippen LogP contribution in [0.4, 0.5) is 5.69 Å². The number of hydrogen-bond donors (Lipinski definition) is 1. The maximum atomic E-state index is 14.0. The fraction of sp³-hybridized carbons (Fsp3) is 0.212. The fourth-order valence-corrected chi connectivity index (χ4v) is 5.95. The molecule has 0 aliphatic heterocycles. The summed E-state index contributed by atoms with van der Waals surface area (Å²) in [5, 5.41) is 2.63. The van der Waals surface area contributed by atoms with Crippen LogP contribution >= 0.6 is 0 Å². The number of amides is 2. The zero-order valence-corrected chi connectivity index (χ0v) is 24.8. The molecule has 0 aromatic heterocycles. The van der Waals surface area contributed by atoms with Crippen LogP contribution in [0.5, 0.6) is 11.5 Å². The number of sulfonamides is 1. The SMILES string of the molecule is CC[C@H](C(=O)NC)N(Cc1ccccc1)C(=O)CN(c1ccc(Oc2ccccc2)cc1)S(=O)(=O)c1ccc(C)cc1. The standard InChI is InChI=1S/C33H35N3O5S/c1-4-31(33(38)34-3)35(23-26-11-7-5-8-12-26)32(37)24-36(42(39,40)30-21-15-25(2)16-22-30)27-17-19-29(20-18-27)41-28-13-9-6-10-14-28/h5-22,31H,4,23-24H2,1-3H3,(H,34,38)/t31-/m1/s1. The van der Waals surface area contributed by atoms with Gasteiger partial charge in [-0.3, -0.25) is 13.9 Å². The molecule has 42 heavy (non-hydrogen) atoms. The summed E-state index contributed by atoms with van der Waals surface area (Å²) in [4.78, 5) is 28.3. The Morgan fingerprint density at radius 1 is 0.810 bits per heavy atom. The first kappa shape index (κ1) is 30.3. The van der Waals surface area contributed by atoms with Gasteiger partial charge in [-0.15, -0.1) is 0 Å². The second-order valence-electron chi connectivity index (χ2n) is 9.78. The van der Waals surface area contributed by atoms with Crippen LogP contribution < -0.4 is 14.4 Å². The van der Waals surface area contributed by atoms with Crippen molar-refractivity contribution >= 4 is 27.5 Å². The lowest BCUT2D eigenvalue weighted by molar-refractivity contribution is -0.140. The molecule has 0 aliphatic rings. The number of rotatable bonds is 12. The van der Waals surface area contributed by atoms with E-state index in [1.165, 1.54) is 24.1 Å². The van der Waals surface area contributed by atoms with Crippen molar-refractivity contribution in [2.45, 2.75) is 37.8 Å². The zero-order valence-electron chi connectivity index (χ0n) is 23.9. The van der Waals surface area contributed by atoms with Crippen LogP contribution in [0.2, 0.25) is 0 Å². The van der Waals surface area contributed by atoms with Crippen LogP contribution in [-0.2, 0) is 26.2 Å². The Bertz CT molecular complexity index is 1580. The van der Waals surface area contributed by atoms with E-state index in [0.717, 1.165) is 15.4 Å². The number of anilines is 1. The second-order valence-corrected chi connectivity index (χ2v) is 11.6. The largest absolute Gasteiger partial charge is 0.457 e. The van der Waals surface area contributed by atoms with E-state index in [1.54, 1.807) is 36.4 Å². The lowest BCUT2D eigenvalue weighted by Gasteiger charge is -2.33. The minimum absolute atomic E-state index is 0.0541. The maximum absolute atomic E-state index is 14.0. The van der Waals surface area contributed by atoms with Gasteiger partial charge in [0.2, 0.25) is 11.8 Å². The number of hydrogen-bond acceptors (Lipinski definition) is 5. The van der Waals surface area contributed by atoms with E-state index in [0.29, 0.717) is 17.9 Å². The van der Waals surface area contributed by atoms with Gasteiger partial charge in [0.1, 0.15) is 24.1 Å². The molecule has 1 atom stereocenters. The molecule has 4 rings (SSSR count). The predicted octanol–water partition coefficient (Wildman–Crippen LogP) is 5.54. The second kappa shape index (κ2) is 13.8. The van der Waals surface area contributed by atoms with Crippen molar-refractivity contribution in [3.63, 3.8) is 0 Å². The predicted molar refractivity (Wildman–Crippen MR) is 164 cm³/mol. The quantitative estimate of drug-likeness (QED) is 0.236. The third-order valence-electron chi connectivity index (χ3n) is 6.82. The molecule has 0 bridgehead atoms. The van der Waals surface area contributed by atoms with Gasteiger partial charge in [0.05, 0.1) is 10.6 Å². The van der Waals surface area contributed by atoms with Crippen LogP contribution in [0.15, 0.2) is 114 Å². The third-order valence-corrected chi connectivity index (χ3v) is 8.61. The fourth-order valence-electron chi connectivity index (χ4n) is 4.54.